The number of benzene rings is 1. The maximum absolute atomic E-state index is 11.4. The highest BCUT2D eigenvalue weighted by atomic mass is 32.1. The average Bonchev–Trinajstić information content (AvgIpc) is 2.72. The molecule has 0 saturated heterocycles. The van der Waals surface area contributed by atoms with E-state index < -0.39 is 17.3 Å². The Bertz CT molecular complexity index is 603. The van der Waals surface area contributed by atoms with Crippen LogP contribution in [0.4, 0.5) is 0 Å². The zero-order valence-electron chi connectivity index (χ0n) is 9.84. The Morgan fingerprint density at radius 2 is 2.06 bits per heavy atom. The number of amides is 1. The molecule has 0 aliphatic rings. The molecule has 0 spiro atoms. The summed E-state index contributed by atoms with van der Waals surface area (Å²) in [5, 5.41) is 12.0. The zero-order chi connectivity index (χ0) is 13.3. The summed E-state index contributed by atoms with van der Waals surface area (Å²) in [6, 6.07) is 7.70. The minimum atomic E-state index is -1.57. The van der Waals surface area contributed by atoms with E-state index >= 15 is 0 Å². The van der Waals surface area contributed by atoms with Crippen molar-refractivity contribution in [2.75, 3.05) is 0 Å². The van der Waals surface area contributed by atoms with Crippen LogP contribution in [-0.2, 0) is 16.0 Å². The lowest BCUT2D eigenvalue weighted by Crippen LogP contribution is -2.43. The second-order valence-electron chi connectivity index (χ2n) is 4.44. The topological polar surface area (TPSA) is 80.4 Å². The van der Waals surface area contributed by atoms with Crippen molar-refractivity contribution in [2.45, 2.75) is 13.3 Å². The lowest BCUT2D eigenvalue weighted by Gasteiger charge is -2.20. The Morgan fingerprint density at radius 1 is 1.39 bits per heavy atom. The first kappa shape index (κ1) is 12.6. The molecule has 0 aliphatic heterocycles. The van der Waals surface area contributed by atoms with E-state index in [1.165, 1.54) is 18.3 Å². The van der Waals surface area contributed by atoms with Gasteiger partial charge in [0.25, 0.3) is 0 Å². The van der Waals surface area contributed by atoms with Gasteiger partial charge in [-0.25, -0.2) is 0 Å². The molecule has 1 atom stereocenters. The molecular formula is C13H13NO3S. The summed E-state index contributed by atoms with van der Waals surface area (Å²) < 4.78 is 1.07. The number of thiophene rings is 1. The molecule has 0 aliphatic carbocycles. The van der Waals surface area contributed by atoms with Crippen LogP contribution in [0.5, 0.6) is 0 Å². The summed E-state index contributed by atoms with van der Waals surface area (Å²) >= 11 is 1.53. The highest BCUT2D eigenvalue weighted by Gasteiger charge is 2.40. The van der Waals surface area contributed by atoms with Crippen molar-refractivity contribution < 1.29 is 14.7 Å². The Morgan fingerprint density at radius 3 is 2.67 bits per heavy atom. The Balaban J connectivity index is 2.44. The van der Waals surface area contributed by atoms with Crippen molar-refractivity contribution >= 4 is 33.3 Å². The van der Waals surface area contributed by atoms with Crippen LogP contribution in [0.15, 0.2) is 29.6 Å². The van der Waals surface area contributed by atoms with Crippen LogP contribution in [0.1, 0.15) is 12.5 Å². The lowest BCUT2D eigenvalue weighted by atomic mass is 9.83. The SMILES string of the molecule is CC(Cc1csc2ccccc12)(C(N)=O)C(=O)O. The summed E-state index contributed by atoms with van der Waals surface area (Å²) in [6.45, 7) is 1.37. The number of rotatable bonds is 4. The molecule has 0 bridgehead atoms. The number of hydrogen-bond donors (Lipinski definition) is 2. The van der Waals surface area contributed by atoms with Gasteiger partial charge in [0.2, 0.25) is 5.91 Å². The van der Waals surface area contributed by atoms with Gasteiger partial charge in [0, 0.05) is 4.70 Å². The molecular weight excluding hydrogens is 250 g/mol. The molecule has 0 saturated carbocycles. The Hall–Kier alpha value is -1.88. The number of primary amides is 1. The van der Waals surface area contributed by atoms with Crippen LogP contribution in [0, 0.1) is 5.41 Å². The number of nitrogens with two attached hydrogens (primary N) is 1. The smallest absolute Gasteiger partial charge is 0.319 e. The van der Waals surface area contributed by atoms with Gasteiger partial charge in [-0.2, -0.15) is 0 Å². The zero-order valence-corrected chi connectivity index (χ0v) is 10.7. The van der Waals surface area contributed by atoms with Crippen molar-refractivity contribution in [1.82, 2.24) is 0 Å². The molecule has 3 N–H and O–H groups in total. The number of carbonyl (C=O) groups excluding carboxylic acids is 1. The van der Waals surface area contributed by atoms with Crippen molar-refractivity contribution in [3.63, 3.8) is 0 Å². The second kappa shape index (κ2) is 4.42. The third kappa shape index (κ3) is 1.97. The van der Waals surface area contributed by atoms with E-state index in [4.69, 9.17) is 5.73 Å². The van der Waals surface area contributed by atoms with Gasteiger partial charge in [0.15, 0.2) is 0 Å². The molecule has 1 heterocycles. The number of carbonyl (C=O) groups is 2. The number of aliphatic carboxylic acids is 1. The molecule has 0 fully saturated rings. The number of fused-ring (bicyclic) bond motifs is 1. The fraction of sp³-hybridized carbons (Fsp3) is 0.231. The molecule has 0 radical (unpaired) electrons. The summed E-state index contributed by atoms with van der Waals surface area (Å²) in [6.07, 6.45) is 0.113. The monoisotopic (exact) mass is 263 g/mol. The van der Waals surface area contributed by atoms with Crippen LogP contribution in [0.2, 0.25) is 0 Å². The third-order valence-electron chi connectivity index (χ3n) is 3.12. The molecule has 2 aromatic rings. The van der Waals surface area contributed by atoms with E-state index in [1.54, 1.807) is 0 Å². The minimum absolute atomic E-state index is 0.113. The highest BCUT2D eigenvalue weighted by molar-refractivity contribution is 7.17. The van der Waals surface area contributed by atoms with Crippen LogP contribution in [-0.4, -0.2) is 17.0 Å². The molecule has 1 aromatic heterocycles. The van der Waals surface area contributed by atoms with Gasteiger partial charge in [0.1, 0.15) is 5.41 Å². The minimum Gasteiger partial charge on any atom is -0.480 e. The van der Waals surface area contributed by atoms with Crippen molar-refractivity contribution in [3.05, 3.63) is 35.2 Å². The number of hydrogen-bond acceptors (Lipinski definition) is 3. The van der Waals surface area contributed by atoms with Crippen molar-refractivity contribution in [1.29, 1.82) is 0 Å². The molecule has 1 amide bonds. The first-order chi connectivity index (χ1) is 8.45. The normalized spacial score (nSPS) is 14.3. The Labute approximate surface area is 108 Å². The van der Waals surface area contributed by atoms with Gasteiger partial charge in [-0.15, -0.1) is 11.3 Å². The standard InChI is InChI=1S/C13H13NO3S/c1-13(11(14)15,12(16)17)6-8-7-18-10-5-3-2-4-9(8)10/h2-5,7H,6H2,1H3,(H2,14,15)(H,16,17). The average molecular weight is 263 g/mol. The summed E-state index contributed by atoms with van der Waals surface area (Å²) in [4.78, 5) is 22.6. The fourth-order valence-corrected chi connectivity index (χ4v) is 2.78. The Kier molecular flexibility index (Phi) is 3.09. The summed E-state index contributed by atoms with van der Waals surface area (Å²) in [5.41, 5.74) is 4.50. The predicted octanol–water partition coefficient (Wildman–Crippen LogP) is 2.02. The fourth-order valence-electron chi connectivity index (χ4n) is 1.82. The van der Waals surface area contributed by atoms with E-state index in [-0.39, 0.29) is 6.42 Å². The second-order valence-corrected chi connectivity index (χ2v) is 5.35. The highest BCUT2D eigenvalue weighted by Crippen LogP contribution is 2.31. The van der Waals surface area contributed by atoms with Gasteiger partial charge in [-0.05, 0) is 35.7 Å². The summed E-state index contributed by atoms with van der Waals surface area (Å²) in [5.74, 6) is -2.00. The largest absolute Gasteiger partial charge is 0.480 e. The third-order valence-corrected chi connectivity index (χ3v) is 4.13. The first-order valence-electron chi connectivity index (χ1n) is 5.43. The predicted molar refractivity (Wildman–Crippen MR) is 70.5 cm³/mol. The molecule has 2 rings (SSSR count). The van der Waals surface area contributed by atoms with Gasteiger partial charge >= 0.3 is 5.97 Å². The van der Waals surface area contributed by atoms with Crippen LogP contribution >= 0.6 is 11.3 Å². The maximum Gasteiger partial charge on any atom is 0.319 e. The van der Waals surface area contributed by atoms with E-state index in [0.29, 0.717) is 0 Å². The van der Waals surface area contributed by atoms with E-state index in [0.717, 1.165) is 15.6 Å². The number of carboxylic acid groups (broad SMARTS) is 1. The van der Waals surface area contributed by atoms with Gasteiger partial charge in [0.05, 0.1) is 0 Å². The van der Waals surface area contributed by atoms with Crippen LogP contribution < -0.4 is 5.73 Å². The molecule has 4 nitrogen and oxygen atoms in total. The molecule has 18 heavy (non-hydrogen) atoms. The summed E-state index contributed by atoms with van der Waals surface area (Å²) in [7, 11) is 0. The van der Waals surface area contributed by atoms with Crippen LogP contribution in [0.3, 0.4) is 0 Å². The van der Waals surface area contributed by atoms with E-state index in [9.17, 15) is 14.7 Å². The van der Waals surface area contributed by atoms with Gasteiger partial charge in [-0.3, -0.25) is 9.59 Å². The van der Waals surface area contributed by atoms with Crippen molar-refractivity contribution in [3.8, 4) is 0 Å². The van der Waals surface area contributed by atoms with Crippen LogP contribution in [0.25, 0.3) is 10.1 Å². The maximum atomic E-state index is 11.4. The van der Waals surface area contributed by atoms with Gasteiger partial charge < -0.3 is 10.8 Å². The van der Waals surface area contributed by atoms with E-state index in [1.807, 2.05) is 29.6 Å². The lowest BCUT2D eigenvalue weighted by molar-refractivity contribution is -0.153. The number of carboxylic acids is 1. The van der Waals surface area contributed by atoms with Gasteiger partial charge in [-0.1, -0.05) is 18.2 Å². The molecule has 1 unspecified atom stereocenters. The van der Waals surface area contributed by atoms with Crippen molar-refractivity contribution in [2.24, 2.45) is 11.1 Å². The molecule has 94 valence electrons. The first-order valence-corrected chi connectivity index (χ1v) is 6.31. The van der Waals surface area contributed by atoms with E-state index in [2.05, 4.69) is 0 Å². The quantitative estimate of drug-likeness (QED) is 0.828. The molecule has 5 heteroatoms. The molecule has 1 aromatic carbocycles.